The maximum atomic E-state index is 10.3. The lowest BCUT2D eigenvalue weighted by molar-refractivity contribution is -0.226. The smallest absolute Gasteiger partial charge is 0.120 e. The fraction of sp³-hybridized carbons (Fsp3) is 1.00. The third kappa shape index (κ3) is 0.849. The minimum atomic E-state index is -0.835. The molecule has 3 aliphatic rings. The molecule has 0 aliphatic heterocycles. The fourth-order valence-corrected chi connectivity index (χ4v) is 4.93. The van der Waals surface area contributed by atoms with Gasteiger partial charge in [-0.2, -0.15) is 0 Å². The molecule has 0 aromatic rings. The van der Waals surface area contributed by atoms with Crippen LogP contribution >= 0.6 is 0 Å². The Hall–Kier alpha value is -0.0800. The summed E-state index contributed by atoms with van der Waals surface area (Å²) in [6, 6.07) is 0. The number of fused-ring (bicyclic) bond motifs is 5. The van der Waals surface area contributed by atoms with Crippen LogP contribution in [0.25, 0.3) is 0 Å². The van der Waals surface area contributed by atoms with Crippen LogP contribution in [-0.2, 0) is 0 Å². The lowest BCUT2D eigenvalue weighted by atomic mass is 9.50. The Bertz CT molecular complexity index is 261. The third-order valence-corrected chi connectivity index (χ3v) is 5.18. The van der Waals surface area contributed by atoms with Crippen LogP contribution in [0, 0.1) is 35.5 Å². The second-order valence-electron chi connectivity index (χ2n) is 6.09. The zero-order valence-electron chi connectivity index (χ0n) is 9.11. The number of nitrogens with two attached hydrogens (primary N) is 1. The summed E-state index contributed by atoms with van der Waals surface area (Å²) >= 11 is 0. The van der Waals surface area contributed by atoms with Crippen LogP contribution in [0.3, 0.4) is 0 Å². The topological polar surface area (TPSA) is 46.2 Å². The van der Waals surface area contributed by atoms with Crippen molar-refractivity contribution in [3.05, 3.63) is 0 Å². The van der Waals surface area contributed by atoms with E-state index in [1.165, 1.54) is 19.3 Å². The number of hydrogen-bond acceptors (Lipinski definition) is 2. The van der Waals surface area contributed by atoms with Crippen molar-refractivity contribution in [2.45, 2.75) is 38.8 Å². The van der Waals surface area contributed by atoms with Gasteiger partial charge in [-0.1, -0.05) is 13.8 Å². The molecule has 0 spiro atoms. The van der Waals surface area contributed by atoms with Crippen molar-refractivity contribution in [3.63, 3.8) is 0 Å². The van der Waals surface area contributed by atoms with Gasteiger partial charge in [0.2, 0.25) is 0 Å². The molecule has 3 N–H and O–H groups in total. The molecule has 0 saturated heterocycles. The molecular weight excluding hydrogens is 174 g/mol. The van der Waals surface area contributed by atoms with Gasteiger partial charge in [-0.3, -0.25) is 0 Å². The van der Waals surface area contributed by atoms with Crippen molar-refractivity contribution >= 4 is 0 Å². The van der Waals surface area contributed by atoms with E-state index in [0.29, 0.717) is 17.8 Å². The predicted molar refractivity (Wildman–Crippen MR) is 55.3 cm³/mol. The van der Waals surface area contributed by atoms with Crippen molar-refractivity contribution in [1.82, 2.24) is 0 Å². The van der Waals surface area contributed by atoms with Crippen molar-refractivity contribution in [2.75, 3.05) is 0 Å². The zero-order valence-corrected chi connectivity index (χ0v) is 9.11. The molecule has 0 radical (unpaired) electrons. The fourth-order valence-electron chi connectivity index (χ4n) is 4.93. The molecule has 0 amide bonds. The highest BCUT2D eigenvalue weighted by Gasteiger charge is 2.69. The molecule has 1 unspecified atom stereocenters. The first-order valence-electron chi connectivity index (χ1n) is 6.04. The summed E-state index contributed by atoms with van der Waals surface area (Å²) in [7, 11) is 0. The van der Waals surface area contributed by atoms with Gasteiger partial charge in [-0.05, 0) is 42.9 Å². The minimum absolute atomic E-state index is 0.364. The molecule has 80 valence electrons. The molecule has 0 aromatic carbocycles. The molecule has 2 nitrogen and oxygen atoms in total. The molecular formula is C12H21NO. The van der Waals surface area contributed by atoms with Gasteiger partial charge in [0.05, 0.1) is 0 Å². The van der Waals surface area contributed by atoms with Gasteiger partial charge in [0.15, 0.2) is 0 Å². The predicted octanol–water partition coefficient (Wildman–Crippen LogP) is 1.58. The van der Waals surface area contributed by atoms with Crippen LogP contribution in [0.4, 0.5) is 0 Å². The van der Waals surface area contributed by atoms with Crippen LogP contribution in [-0.4, -0.2) is 10.8 Å². The first kappa shape index (κ1) is 9.17. The van der Waals surface area contributed by atoms with Gasteiger partial charge in [-0.25, -0.2) is 0 Å². The average Bonchev–Trinajstić information content (AvgIpc) is 2.59. The molecule has 3 fully saturated rings. The summed E-state index contributed by atoms with van der Waals surface area (Å²) in [6.45, 7) is 4.40. The summed E-state index contributed by atoms with van der Waals surface area (Å²) < 4.78 is 0. The van der Waals surface area contributed by atoms with Crippen LogP contribution < -0.4 is 5.73 Å². The molecule has 2 bridgehead atoms. The van der Waals surface area contributed by atoms with Gasteiger partial charge in [0.1, 0.15) is 5.72 Å². The molecule has 3 rings (SSSR count). The zero-order chi connectivity index (χ0) is 10.1. The standard InChI is InChI=1S/C12H21NO/c1-6(2)10-9-7-3-4-8(5-7)11(9)12(10,13)14/h6-11,14H,3-5,13H2,1-2H3/t7-,8+,9+,10+,11?,12-/m1/s1. The Kier molecular flexibility index (Phi) is 1.66. The van der Waals surface area contributed by atoms with Crippen molar-refractivity contribution < 1.29 is 5.11 Å². The average molecular weight is 195 g/mol. The van der Waals surface area contributed by atoms with Crippen LogP contribution in [0.2, 0.25) is 0 Å². The third-order valence-electron chi connectivity index (χ3n) is 5.18. The van der Waals surface area contributed by atoms with Gasteiger partial charge < -0.3 is 10.8 Å². The Balaban J connectivity index is 1.90. The minimum Gasteiger partial charge on any atom is -0.375 e. The molecule has 0 aromatic heterocycles. The first-order valence-corrected chi connectivity index (χ1v) is 6.04. The summed E-state index contributed by atoms with van der Waals surface area (Å²) in [5.74, 6) is 3.72. The van der Waals surface area contributed by atoms with E-state index in [-0.39, 0.29) is 0 Å². The van der Waals surface area contributed by atoms with Crippen molar-refractivity contribution in [3.8, 4) is 0 Å². The molecule has 3 saturated carbocycles. The second kappa shape index (κ2) is 2.53. The second-order valence-corrected chi connectivity index (χ2v) is 6.09. The Morgan fingerprint density at radius 3 is 2.57 bits per heavy atom. The Labute approximate surface area is 85.9 Å². The van der Waals surface area contributed by atoms with E-state index in [2.05, 4.69) is 13.8 Å². The SMILES string of the molecule is CC(C)[C@H]1[C@H]2C([C@H]3CC[C@@H]2C3)[C@]1(N)O. The van der Waals surface area contributed by atoms with Crippen molar-refractivity contribution in [2.24, 2.45) is 41.2 Å². The van der Waals surface area contributed by atoms with E-state index < -0.39 is 5.72 Å². The molecule has 6 atom stereocenters. The highest BCUT2D eigenvalue weighted by molar-refractivity contribution is 5.16. The van der Waals surface area contributed by atoms with Gasteiger partial charge in [-0.15, -0.1) is 0 Å². The van der Waals surface area contributed by atoms with E-state index in [0.717, 1.165) is 17.8 Å². The van der Waals surface area contributed by atoms with Gasteiger partial charge in [0.25, 0.3) is 0 Å². The van der Waals surface area contributed by atoms with Gasteiger partial charge in [0, 0.05) is 11.8 Å². The Morgan fingerprint density at radius 2 is 1.93 bits per heavy atom. The lowest BCUT2D eigenvalue weighted by Gasteiger charge is -2.60. The van der Waals surface area contributed by atoms with Crippen LogP contribution in [0.1, 0.15) is 33.1 Å². The number of rotatable bonds is 1. The summed E-state index contributed by atoms with van der Waals surface area (Å²) in [5, 5.41) is 10.3. The lowest BCUT2D eigenvalue weighted by Crippen LogP contribution is -2.71. The van der Waals surface area contributed by atoms with Crippen LogP contribution in [0.5, 0.6) is 0 Å². The summed E-state index contributed by atoms with van der Waals surface area (Å²) in [4.78, 5) is 0. The van der Waals surface area contributed by atoms with E-state index in [9.17, 15) is 5.11 Å². The summed E-state index contributed by atoms with van der Waals surface area (Å²) in [5.41, 5.74) is 5.26. The maximum Gasteiger partial charge on any atom is 0.120 e. The van der Waals surface area contributed by atoms with Gasteiger partial charge >= 0.3 is 0 Å². The van der Waals surface area contributed by atoms with E-state index in [1.807, 2.05) is 0 Å². The highest BCUT2D eigenvalue weighted by Crippen LogP contribution is 2.67. The quantitative estimate of drug-likeness (QED) is 0.624. The van der Waals surface area contributed by atoms with Crippen molar-refractivity contribution in [1.29, 1.82) is 0 Å². The largest absolute Gasteiger partial charge is 0.375 e. The van der Waals surface area contributed by atoms with E-state index in [4.69, 9.17) is 5.73 Å². The number of aliphatic hydroxyl groups is 1. The molecule has 14 heavy (non-hydrogen) atoms. The Morgan fingerprint density at radius 1 is 1.29 bits per heavy atom. The molecule has 2 heteroatoms. The molecule has 0 heterocycles. The first-order chi connectivity index (χ1) is 6.53. The van der Waals surface area contributed by atoms with Crippen LogP contribution in [0.15, 0.2) is 0 Å². The normalized spacial score (nSPS) is 60.2. The summed E-state index contributed by atoms with van der Waals surface area (Å²) in [6.07, 6.45) is 4.05. The maximum absolute atomic E-state index is 10.3. The number of hydrogen-bond donors (Lipinski definition) is 2. The monoisotopic (exact) mass is 195 g/mol. The molecule has 3 aliphatic carbocycles. The van der Waals surface area contributed by atoms with E-state index in [1.54, 1.807) is 0 Å². The highest BCUT2D eigenvalue weighted by atomic mass is 16.3. The van der Waals surface area contributed by atoms with E-state index >= 15 is 0 Å².